The van der Waals surface area contributed by atoms with Gasteiger partial charge in [0.25, 0.3) is 11.3 Å². The predicted molar refractivity (Wildman–Crippen MR) is 94.5 cm³/mol. The van der Waals surface area contributed by atoms with Crippen molar-refractivity contribution in [1.82, 2.24) is 24.1 Å². The van der Waals surface area contributed by atoms with Gasteiger partial charge in [-0.2, -0.15) is 14.6 Å². The van der Waals surface area contributed by atoms with Crippen LogP contribution in [0.3, 0.4) is 0 Å². The normalized spacial score (nSPS) is 15.9. The van der Waals surface area contributed by atoms with Crippen LogP contribution < -0.4 is 5.56 Å². The van der Waals surface area contributed by atoms with Crippen LogP contribution in [0, 0.1) is 0 Å². The fraction of sp³-hybridized carbons (Fsp3) is 0.167. The maximum atomic E-state index is 12.8. The molecule has 0 radical (unpaired) electrons. The molecular formula is C18H14N6O. The Morgan fingerprint density at radius 3 is 3.00 bits per heavy atom. The van der Waals surface area contributed by atoms with E-state index in [1.165, 1.54) is 11.9 Å². The molecule has 5 rings (SSSR count). The van der Waals surface area contributed by atoms with Crippen molar-refractivity contribution in [2.45, 2.75) is 18.9 Å². The molecule has 0 saturated carbocycles. The van der Waals surface area contributed by atoms with E-state index in [0.717, 1.165) is 17.6 Å². The highest BCUT2D eigenvalue weighted by atomic mass is 16.1. The summed E-state index contributed by atoms with van der Waals surface area (Å²) in [5.41, 5.74) is 2.90. The molecular weight excluding hydrogens is 316 g/mol. The summed E-state index contributed by atoms with van der Waals surface area (Å²) < 4.78 is 3.31. The first-order valence-corrected chi connectivity index (χ1v) is 8.12. The summed E-state index contributed by atoms with van der Waals surface area (Å²) in [6.07, 6.45) is 7.61. The highest BCUT2D eigenvalue weighted by Gasteiger charge is 2.18. The van der Waals surface area contributed by atoms with E-state index in [0.29, 0.717) is 17.7 Å². The average Bonchev–Trinajstić information content (AvgIpc) is 3.28. The van der Waals surface area contributed by atoms with E-state index >= 15 is 0 Å². The first-order chi connectivity index (χ1) is 12.3. The van der Waals surface area contributed by atoms with E-state index in [9.17, 15) is 4.79 Å². The quantitative estimate of drug-likeness (QED) is 0.577. The highest BCUT2D eigenvalue weighted by Crippen LogP contribution is 2.33. The Labute approximate surface area is 142 Å². The van der Waals surface area contributed by atoms with Crippen LogP contribution in [0.25, 0.3) is 16.7 Å². The van der Waals surface area contributed by atoms with E-state index in [4.69, 9.17) is 0 Å². The molecule has 122 valence electrons. The van der Waals surface area contributed by atoms with Gasteiger partial charge >= 0.3 is 0 Å². The summed E-state index contributed by atoms with van der Waals surface area (Å²) in [7, 11) is 0. The lowest BCUT2D eigenvalue weighted by Crippen LogP contribution is -2.21. The molecule has 7 nitrogen and oxygen atoms in total. The Morgan fingerprint density at radius 1 is 1.12 bits per heavy atom. The Balaban J connectivity index is 1.48. The van der Waals surface area contributed by atoms with Crippen molar-refractivity contribution in [3.05, 3.63) is 65.0 Å². The van der Waals surface area contributed by atoms with Crippen LogP contribution in [0.2, 0.25) is 0 Å². The van der Waals surface area contributed by atoms with Gasteiger partial charge in [0, 0.05) is 31.1 Å². The van der Waals surface area contributed by atoms with Gasteiger partial charge in [-0.05, 0) is 24.1 Å². The molecule has 0 N–H and O–H groups in total. The minimum atomic E-state index is -0.0642. The van der Waals surface area contributed by atoms with Gasteiger partial charge in [0.15, 0.2) is 0 Å². The van der Waals surface area contributed by atoms with Crippen LogP contribution in [0.5, 0.6) is 0 Å². The van der Waals surface area contributed by atoms with Crippen molar-refractivity contribution >= 4 is 28.6 Å². The Hall–Kier alpha value is -3.35. The number of aromatic nitrogens is 5. The fourth-order valence-electron chi connectivity index (χ4n) is 3.36. The van der Waals surface area contributed by atoms with Crippen LogP contribution in [0.15, 0.2) is 58.8 Å². The molecule has 0 bridgehead atoms. The van der Waals surface area contributed by atoms with Crippen molar-refractivity contribution in [1.29, 1.82) is 0 Å². The second-order valence-corrected chi connectivity index (χ2v) is 6.08. The lowest BCUT2D eigenvalue weighted by molar-refractivity contribution is 0.612. The monoisotopic (exact) mass is 330 g/mol. The zero-order valence-electron chi connectivity index (χ0n) is 13.3. The molecule has 1 aliphatic heterocycles. The standard InChI is InChI=1S/C18H14N6O/c25-17-14-10-20-18-21-11-22-24(18)16(14)6-8-23(17)7-5-12-9-19-15-4-2-1-3-13(12)15/h1-4,6,8-12H,5,7H2/t12-/m0/s1. The number of fused-ring (bicyclic) bond motifs is 4. The number of benzene rings is 1. The average molecular weight is 330 g/mol. The zero-order valence-corrected chi connectivity index (χ0v) is 13.3. The smallest absolute Gasteiger partial charge is 0.261 e. The maximum Gasteiger partial charge on any atom is 0.261 e. The third-order valence-electron chi connectivity index (χ3n) is 4.66. The highest BCUT2D eigenvalue weighted by molar-refractivity contribution is 5.80. The van der Waals surface area contributed by atoms with Gasteiger partial charge in [-0.15, -0.1) is 0 Å². The molecule has 0 unspecified atom stereocenters. The number of aryl methyl sites for hydroxylation is 1. The number of para-hydroxylation sites is 1. The molecule has 25 heavy (non-hydrogen) atoms. The number of aliphatic imine (C=N–C) groups is 1. The first-order valence-electron chi connectivity index (χ1n) is 8.12. The van der Waals surface area contributed by atoms with E-state index < -0.39 is 0 Å². The summed E-state index contributed by atoms with van der Waals surface area (Å²) in [4.78, 5) is 25.5. The van der Waals surface area contributed by atoms with E-state index in [-0.39, 0.29) is 11.5 Å². The molecule has 4 aromatic rings. The summed E-state index contributed by atoms with van der Waals surface area (Å²) in [6.45, 7) is 0.620. The molecule has 0 aliphatic carbocycles. The Morgan fingerprint density at radius 2 is 2.04 bits per heavy atom. The Bertz CT molecular complexity index is 1190. The number of hydrogen-bond donors (Lipinski definition) is 0. The molecule has 0 amide bonds. The zero-order chi connectivity index (χ0) is 16.8. The molecule has 1 aromatic carbocycles. The third kappa shape index (κ3) is 2.16. The van der Waals surface area contributed by atoms with Crippen molar-refractivity contribution < 1.29 is 0 Å². The van der Waals surface area contributed by atoms with Gasteiger partial charge in [0.2, 0.25) is 0 Å². The second kappa shape index (κ2) is 5.34. The SMILES string of the molecule is O=c1c2cnc3ncnn3c2ccn1CC[C@H]1C=Nc2ccccc21. The van der Waals surface area contributed by atoms with Gasteiger partial charge in [-0.1, -0.05) is 18.2 Å². The minimum Gasteiger partial charge on any atom is -0.315 e. The predicted octanol–water partition coefficient (Wildman–Crippen LogP) is 2.33. The molecule has 3 aromatic heterocycles. The van der Waals surface area contributed by atoms with Crippen LogP contribution in [0.4, 0.5) is 5.69 Å². The van der Waals surface area contributed by atoms with Gasteiger partial charge < -0.3 is 4.57 Å². The molecule has 0 saturated heterocycles. The van der Waals surface area contributed by atoms with Gasteiger partial charge in [0.1, 0.15) is 6.33 Å². The van der Waals surface area contributed by atoms with E-state index in [1.54, 1.807) is 15.3 Å². The van der Waals surface area contributed by atoms with Crippen molar-refractivity contribution in [2.24, 2.45) is 4.99 Å². The molecule has 0 spiro atoms. The van der Waals surface area contributed by atoms with Crippen molar-refractivity contribution in [3.63, 3.8) is 0 Å². The minimum absolute atomic E-state index is 0.0642. The summed E-state index contributed by atoms with van der Waals surface area (Å²) in [5.74, 6) is 0.734. The molecule has 1 aliphatic rings. The lowest BCUT2D eigenvalue weighted by Gasteiger charge is -2.11. The fourth-order valence-corrected chi connectivity index (χ4v) is 3.36. The van der Waals surface area contributed by atoms with Gasteiger partial charge in [-0.25, -0.2) is 4.98 Å². The second-order valence-electron chi connectivity index (χ2n) is 6.08. The van der Waals surface area contributed by atoms with Gasteiger partial charge in [0.05, 0.1) is 16.6 Å². The van der Waals surface area contributed by atoms with Gasteiger partial charge in [-0.3, -0.25) is 9.79 Å². The number of hydrogen-bond acceptors (Lipinski definition) is 5. The summed E-state index contributed by atoms with van der Waals surface area (Å²) in [5, 5.41) is 4.67. The summed E-state index contributed by atoms with van der Waals surface area (Å²) in [6, 6.07) is 10.0. The molecule has 0 fully saturated rings. The van der Waals surface area contributed by atoms with Crippen LogP contribution in [0.1, 0.15) is 17.9 Å². The number of pyridine rings is 1. The van der Waals surface area contributed by atoms with Crippen molar-refractivity contribution in [3.8, 4) is 0 Å². The van der Waals surface area contributed by atoms with Crippen LogP contribution >= 0.6 is 0 Å². The maximum absolute atomic E-state index is 12.8. The summed E-state index contributed by atoms with van der Waals surface area (Å²) >= 11 is 0. The largest absolute Gasteiger partial charge is 0.315 e. The van der Waals surface area contributed by atoms with Crippen LogP contribution in [-0.2, 0) is 6.54 Å². The topological polar surface area (TPSA) is 77.4 Å². The van der Waals surface area contributed by atoms with E-state index in [1.807, 2.05) is 36.7 Å². The Kier molecular flexibility index (Phi) is 3.00. The van der Waals surface area contributed by atoms with E-state index in [2.05, 4.69) is 26.1 Å². The molecule has 7 heteroatoms. The lowest BCUT2D eigenvalue weighted by atomic mass is 9.98. The molecule has 1 atom stereocenters. The van der Waals surface area contributed by atoms with Crippen molar-refractivity contribution in [2.75, 3.05) is 0 Å². The number of nitrogens with zero attached hydrogens (tertiary/aromatic N) is 6. The van der Waals surface area contributed by atoms with Crippen LogP contribution in [-0.4, -0.2) is 30.4 Å². The third-order valence-corrected chi connectivity index (χ3v) is 4.66. The first kappa shape index (κ1) is 14.0. The molecule has 4 heterocycles. The number of rotatable bonds is 3.